The molecule has 0 saturated carbocycles. The molecule has 0 radical (unpaired) electrons. The van der Waals surface area contributed by atoms with Gasteiger partial charge in [0.05, 0.1) is 16.9 Å². The van der Waals surface area contributed by atoms with Gasteiger partial charge in [-0.05, 0) is 36.4 Å². The van der Waals surface area contributed by atoms with E-state index in [-0.39, 0.29) is 5.02 Å². The molecule has 0 saturated heterocycles. The van der Waals surface area contributed by atoms with Gasteiger partial charge in [-0.25, -0.2) is 29.3 Å². The van der Waals surface area contributed by atoms with Gasteiger partial charge in [-0.15, -0.1) is 0 Å². The zero-order valence-electron chi connectivity index (χ0n) is 15.9. The third-order valence-electron chi connectivity index (χ3n) is 4.49. The molecule has 1 aromatic carbocycles. The second-order valence-corrected chi connectivity index (χ2v) is 6.92. The van der Waals surface area contributed by atoms with Gasteiger partial charge in [-0.1, -0.05) is 17.7 Å². The molecular formula is C21H14ClFN8. The molecule has 0 spiro atoms. The van der Waals surface area contributed by atoms with E-state index >= 15 is 0 Å². The minimum absolute atomic E-state index is 0.0110. The molecular weight excluding hydrogens is 419 g/mol. The predicted octanol–water partition coefficient (Wildman–Crippen LogP) is 4.23. The number of benzene rings is 1. The second kappa shape index (κ2) is 7.96. The molecule has 31 heavy (non-hydrogen) atoms. The molecule has 2 N–H and O–H groups in total. The van der Waals surface area contributed by atoms with Crippen molar-refractivity contribution in [3.8, 4) is 0 Å². The Morgan fingerprint density at radius 1 is 1.06 bits per heavy atom. The Morgan fingerprint density at radius 3 is 2.77 bits per heavy atom. The van der Waals surface area contributed by atoms with E-state index in [1.807, 2.05) is 36.7 Å². The average Bonchev–Trinajstić information content (AvgIpc) is 2.82. The molecule has 10 heteroatoms. The third kappa shape index (κ3) is 3.86. The van der Waals surface area contributed by atoms with Crippen LogP contribution >= 0.6 is 11.6 Å². The molecule has 0 fully saturated rings. The van der Waals surface area contributed by atoms with Crippen LogP contribution in [-0.4, -0.2) is 24.9 Å². The lowest BCUT2D eigenvalue weighted by molar-refractivity contribution is 0.628. The maximum absolute atomic E-state index is 13.5. The standard InChI is InChI=1S/C21H14ClFN8/c22-15-9-14(4-5-16(15)23)29-20-19-18(26-12-27-20)11-25-21(30-19)31-8-6-13(10-28-31)17-3-1-2-7-24-17/h1-12,28H,(H,26,27,29). The number of fused-ring (bicyclic) bond motifs is 1. The highest BCUT2D eigenvalue weighted by Gasteiger charge is 2.14. The Bertz CT molecular complexity index is 1330. The fourth-order valence-corrected chi connectivity index (χ4v) is 3.15. The number of hydrazine groups is 1. The summed E-state index contributed by atoms with van der Waals surface area (Å²) in [5, 5.41) is 4.78. The molecule has 1 aliphatic rings. The zero-order chi connectivity index (χ0) is 21.2. The van der Waals surface area contributed by atoms with Gasteiger partial charge in [0.1, 0.15) is 23.2 Å². The highest BCUT2D eigenvalue weighted by atomic mass is 35.5. The van der Waals surface area contributed by atoms with Gasteiger partial charge in [0.2, 0.25) is 5.95 Å². The van der Waals surface area contributed by atoms with Crippen LogP contribution in [-0.2, 0) is 0 Å². The summed E-state index contributed by atoms with van der Waals surface area (Å²) in [5.74, 6) is 0.350. The lowest BCUT2D eigenvalue weighted by atomic mass is 10.1. The first kappa shape index (κ1) is 18.9. The Labute approximate surface area is 181 Å². The molecule has 1 aliphatic heterocycles. The topological polar surface area (TPSA) is 91.8 Å². The van der Waals surface area contributed by atoms with E-state index < -0.39 is 5.82 Å². The number of hydrogen-bond donors (Lipinski definition) is 2. The van der Waals surface area contributed by atoms with E-state index in [2.05, 4.69) is 35.7 Å². The normalized spacial score (nSPS) is 13.1. The number of allylic oxidation sites excluding steroid dienone is 2. The third-order valence-corrected chi connectivity index (χ3v) is 4.78. The van der Waals surface area contributed by atoms with Gasteiger partial charge in [-0.2, -0.15) is 0 Å². The summed E-state index contributed by atoms with van der Waals surface area (Å²) >= 11 is 5.88. The van der Waals surface area contributed by atoms with Crippen molar-refractivity contribution in [2.75, 3.05) is 10.3 Å². The first-order chi connectivity index (χ1) is 15.2. The Morgan fingerprint density at radius 2 is 2.00 bits per heavy atom. The van der Waals surface area contributed by atoms with Gasteiger partial charge < -0.3 is 5.32 Å². The SMILES string of the molecule is Fc1ccc(Nc2ncnc3cnc(N4C=CC(c5ccccn5)=CN4)nc23)cc1Cl. The van der Waals surface area contributed by atoms with Crippen molar-refractivity contribution in [1.29, 1.82) is 0 Å². The Kier molecular flexibility index (Phi) is 4.85. The minimum Gasteiger partial charge on any atom is -0.338 e. The Hall–Kier alpha value is -4.11. The van der Waals surface area contributed by atoms with Crippen LogP contribution in [0.15, 0.2) is 73.6 Å². The van der Waals surface area contributed by atoms with Crippen molar-refractivity contribution >= 4 is 45.7 Å². The monoisotopic (exact) mass is 432 g/mol. The summed E-state index contributed by atoms with van der Waals surface area (Å²) in [6.45, 7) is 0. The van der Waals surface area contributed by atoms with E-state index in [4.69, 9.17) is 11.6 Å². The minimum atomic E-state index is -0.495. The second-order valence-electron chi connectivity index (χ2n) is 6.51. The quantitative estimate of drug-likeness (QED) is 0.495. The summed E-state index contributed by atoms with van der Waals surface area (Å²) in [6.07, 6.45) is 10.3. The average molecular weight is 433 g/mol. The zero-order valence-corrected chi connectivity index (χ0v) is 16.6. The van der Waals surface area contributed by atoms with Gasteiger partial charge in [0, 0.05) is 29.9 Å². The number of aromatic nitrogens is 5. The van der Waals surface area contributed by atoms with E-state index in [0.717, 1.165) is 11.3 Å². The first-order valence-corrected chi connectivity index (χ1v) is 9.60. The summed E-state index contributed by atoms with van der Waals surface area (Å²) in [7, 11) is 0. The highest BCUT2D eigenvalue weighted by Crippen LogP contribution is 2.26. The van der Waals surface area contributed by atoms with E-state index in [0.29, 0.717) is 28.5 Å². The smallest absolute Gasteiger partial charge is 0.249 e. The number of rotatable bonds is 4. The molecule has 5 rings (SSSR count). The largest absolute Gasteiger partial charge is 0.338 e. The number of hydrogen-bond acceptors (Lipinski definition) is 8. The molecule has 152 valence electrons. The van der Waals surface area contributed by atoms with Crippen LogP contribution in [0.4, 0.5) is 21.8 Å². The lowest BCUT2D eigenvalue weighted by Gasteiger charge is -2.22. The van der Waals surface area contributed by atoms with E-state index in [9.17, 15) is 4.39 Å². The number of nitrogens with zero attached hydrogens (tertiary/aromatic N) is 6. The van der Waals surface area contributed by atoms with Gasteiger partial charge in [-0.3, -0.25) is 10.4 Å². The molecule has 0 unspecified atom stereocenters. The summed E-state index contributed by atoms with van der Waals surface area (Å²) in [5.41, 5.74) is 6.54. The number of anilines is 3. The molecule has 0 aliphatic carbocycles. The molecule has 0 amide bonds. The predicted molar refractivity (Wildman–Crippen MR) is 117 cm³/mol. The Balaban J connectivity index is 1.43. The van der Waals surface area contributed by atoms with Gasteiger partial charge in [0.15, 0.2) is 5.82 Å². The van der Waals surface area contributed by atoms with E-state index in [1.165, 1.54) is 18.5 Å². The highest BCUT2D eigenvalue weighted by molar-refractivity contribution is 6.31. The maximum Gasteiger partial charge on any atom is 0.249 e. The molecule has 0 bridgehead atoms. The van der Waals surface area contributed by atoms with Crippen molar-refractivity contribution < 1.29 is 4.39 Å². The van der Waals surface area contributed by atoms with Gasteiger partial charge in [0.25, 0.3) is 0 Å². The van der Waals surface area contributed by atoms with Crippen LogP contribution in [0.3, 0.4) is 0 Å². The summed E-state index contributed by atoms with van der Waals surface area (Å²) < 4.78 is 13.5. The number of halogens is 2. The van der Waals surface area contributed by atoms with Crippen molar-refractivity contribution in [2.45, 2.75) is 0 Å². The molecule has 3 aromatic heterocycles. The lowest BCUT2D eigenvalue weighted by Crippen LogP contribution is -2.32. The van der Waals surface area contributed by atoms with Crippen LogP contribution in [0.1, 0.15) is 5.69 Å². The van der Waals surface area contributed by atoms with Crippen LogP contribution < -0.4 is 15.8 Å². The van der Waals surface area contributed by atoms with Crippen LogP contribution in [0.5, 0.6) is 0 Å². The maximum atomic E-state index is 13.5. The summed E-state index contributed by atoms with van der Waals surface area (Å²) in [6, 6.07) is 10.0. The van der Waals surface area contributed by atoms with Crippen molar-refractivity contribution in [2.24, 2.45) is 0 Å². The number of nitrogens with one attached hydrogen (secondary N) is 2. The fourth-order valence-electron chi connectivity index (χ4n) is 2.97. The van der Waals surface area contributed by atoms with Crippen molar-refractivity contribution in [3.63, 3.8) is 0 Å². The molecule has 0 atom stereocenters. The molecule has 4 aromatic rings. The van der Waals surface area contributed by atoms with Crippen molar-refractivity contribution in [3.05, 3.63) is 90.1 Å². The fraction of sp³-hybridized carbons (Fsp3) is 0. The first-order valence-electron chi connectivity index (χ1n) is 9.22. The molecule has 8 nitrogen and oxygen atoms in total. The van der Waals surface area contributed by atoms with Crippen molar-refractivity contribution in [1.82, 2.24) is 30.3 Å². The van der Waals surface area contributed by atoms with Crippen LogP contribution in [0, 0.1) is 5.82 Å². The molecule has 4 heterocycles. The van der Waals surface area contributed by atoms with Crippen LogP contribution in [0.2, 0.25) is 5.02 Å². The number of pyridine rings is 1. The van der Waals surface area contributed by atoms with E-state index in [1.54, 1.807) is 23.5 Å². The van der Waals surface area contributed by atoms with Crippen LogP contribution in [0.25, 0.3) is 16.6 Å². The summed E-state index contributed by atoms with van der Waals surface area (Å²) in [4.78, 5) is 21.8. The van der Waals surface area contributed by atoms with Gasteiger partial charge >= 0.3 is 0 Å².